The second-order valence-corrected chi connectivity index (χ2v) is 8.63. The van der Waals surface area contributed by atoms with Crippen molar-refractivity contribution in [3.05, 3.63) is 58.1 Å². The number of sulfonamides is 1. The van der Waals surface area contributed by atoms with Crippen molar-refractivity contribution >= 4 is 37.5 Å². The van der Waals surface area contributed by atoms with Gasteiger partial charge in [0.25, 0.3) is 0 Å². The van der Waals surface area contributed by atoms with Gasteiger partial charge in [0.05, 0.1) is 11.4 Å². The van der Waals surface area contributed by atoms with Gasteiger partial charge in [-0.25, -0.2) is 13.6 Å². The maximum absolute atomic E-state index is 12.3. The topological polar surface area (TPSA) is 92.5 Å². The molecule has 0 radical (unpaired) electrons. The first-order chi connectivity index (χ1) is 12.1. The number of aryl methyl sites for hydroxylation is 1. The molecule has 8 heteroatoms. The zero-order valence-electron chi connectivity index (χ0n) is 14.9. The van der Waals surface area contributed by atoms with Crippen LogP contribution in [0.2, 0.25) is 0 Å². The largest absolute Gasteiger partial charge is 0.325 e. The lowest BCUT2D eigenvalue weighted by Gasteiger charge is -2.24. The molecule has 3 N–H and O–H groups in total. The maximum atomic E-state index is 12.3. The number of likely N-dealkylation sites (N-methyl/N-ethyl adjacent to an activating group) is 1. The molecule has 0 saturated heterocycles. The average Bonchev–Trinajstić information content (AvgIpc) is 2.56. The third-order valence-electron chi connectivity index (χ3n) is 4.19. The van der Waals surface area contributed by atoms with E-state index in [2.05, 4.69) is 21.2 Å². The highest BCUT2D eigenvalue weighted by atomic mass is 79.9. The van der Waals surface area contributed by atoms with Crippen LogP contribution in [0.1, 0.15) is 24.1 Å². The van der Waals surface area contributed by atoms with Gasteiger partial charge in [-0.3, -0.25) is 9.69 Å². The molecule has 0 aromatic heterocycles. The molecule has 6 nitrogen and oxygen atoms in total. The highest BCUT2D eigenvalue weighted by Crippen LogP contribution is 2.22. The molecule has 0 aliphatic carbocycles. The van der Waals surface area contributed by atoms with Gasteiger partial charge in [0.1, 0.15) is 0 Å². The molecule has 1 atom stereocenters. The summed E-state index contributed by atoms with van der Waals surface area (Å²) in [6.07, 6.45) is 0. The number of nitrogens with zero attached hydrogens (tertiary/aromatic N) is 1. The van der Waals surface area contributed by atoms with Crippen LogP contribution >= 0.6 is 15.9 Å². The van der Waals surface area contributed by atoms with Crippen molar-refractivity contribution in [1.29, 1.82) is 0 Å². The van der Waals surface area contributed by atoms with Crippen LogP contribution in [0.25, 0.3) is 0 Å². The Kier molecular flexibility index (Phi) is 6.57. The van der Waals surface area contributed by atoms with Crippen molar-refractivity contribution in [2.45, 2.75) is 24.8 Å². The van der Waals surface area contributed by atoms with E-state index in [1.54, 1.807) is 12.1 Å². The van der Waals surface area contributed by atoms with Crippen LogP contribution in [0.4, 0.5) is 5.69 Å². The monoisotopic (exact) mass is 439 g/mol. The molecular weight excluding hydrogens is 418 g/mol. The molecule has 0 aliphatic rings. The molecule has 0 saturated carbocycles. The van der Waals surface area contributed by atoms with Crippen LogP contribution < -0.4 is 10.5 Å². The van der Waals surface area contributed by atoms with Crippen molar-refractivity contribution in [2.75, 3.05) is 18.9 Å². The second-order valence-electron chi connectivity index (χ2n) is 6.22. The van der Waals surface area contributed by atoms with Crippen LogP contribution in [0, 0.1) is 6.92 Å². The molecule has 1 unspecified atom stereocenters. The Labute approximate surface area is 162 Å². The van der Waals surface area contributed by atoms with Crippen LogP contribution in [0.15, 0.2) is 51.8 Å². The van der Waals surface area contributed by atoms with Crippen molar-refractivity contribution < 1.29 is 13.2 Å². The van der Waals surface area contributed by atoms with E-state index in [1.165, 1.54) is 12.1 Å². The van der Waals surface area contributed by atoms with Crippen molar-refractivity contribution in [3.8, 4) is 0 Å². The molecular formula is C18H22BrN3O3S. The molecule has 140 valence electrons. The van der Waals surface area contributed by atoms with Crippen LogP contribution in [-0.4, -0.2) is 32.8 Å². The highest BCUT2D eigenvalue weighted by Gasteiger charge is 2.16. The van der Waals surface area contributed by atoms with E-state index in [9.17, 15) is 13.2 Å². The summed E-state index contributed by atoms with van der Waals surface area (Å²) >= 11 is 3.43. The van der Waals surface area contributed by atoms with Gasteiger partial charge >= 0.3 is 0 Å². The van der Waals surface area contributed by atoms with Gasteiger partial charge in [0.2, 0.25) is 15.9 Å². The number of halogens is 1. The quantitative estimate of drug-likeness (QED) is 0.722. The molecule has 0 heterocycles. The fraction of sp³-hybridized carbons (Fsp3) is 0.278. The van der Waals surface area contributed by atoms with Crippen LogP contribution in [-0.2, 0) is 14.8 Å². The Bertz CT molecular complexity index is 898. The molecule has 1 amide bonds. The number of rotatable bonds is 6. The summed E-state index contributed by atoms with van der Waals surface area (Å²) < 4.78 is 23.6. The molecule has 26 heavy (non-hydrogen) atoms. The Balaban J connectivity index is 2.00. The number of nitrogens with one attached hydrogen (secondary N) is 1. The molecule has 2 rings (SSSR count). The minimum absolute atomic E-state index is 0.0677. The average molecular weight is 440 g/mol. The van der Waals surface area contributed by atoms with E-state index in [-0.39, 0.29) is 23.4 Å². The zero-order chi connectivity index (χ0) is 19.5. The summed E-state index contributed by atoms with van der Waals surface area (Å²) in [5.41, 5.74) is 2.68. The number of carbonyl (C=O) groups is 1. The third-order valence-corrected chi connectivity index (χ3v) is 6.01. The number of carbonyl (C=O) groups excluding carboxylic acids is 1. The molecule has 0 fully saturated rings. The van der Waals surface area contributed by atoms with Crippen molar-refractivity contribution in [3.63, 3.8) is 0 Å². The number of hydrogen-bond acceptors (Lipinski definition) is 4. The Morgan fingerprint density at radius 2 is 1.85 bits per heavy atom. The SMILES string of the molecule is Cc1cc(NC(=O)CN(C)C(C)c2ccc(S(N)(=O)=O)cc2)ccc1Br. The van der Waals surface area contributed by atoms with E-state index in [0.717, 1.165) is 21.3 Å². The fourth-order valence-electron chi connectivity index (χ4n) is 2.48. The van der Waals surface area contributed by atoms with E-state index in [1.807, 2.05) is 44.0 Å². The number of primary sulfonamides is 1. The second kappa shape index (κ2) is 8.30. The number of benzene rings is 2. The summed E-state index contributed by atoms with van der Waals surface area (Å²) in [5, 5.41) is 7.99. The lowest BCUT2D eigenvalue weighted by Crippen LogP contribution is -2.32. The Hall–Kier alpha value is -1.74. The van der Waals surface area contributed by atoms with E-state index < -0.39 is 10.0 Å². The van der Waals surface area contributed by atoms with Gasteiger partial charge in [-0.15, -0.1) is 0 Å². The Morgan fingerprint density at radius 1 is 1.23 bits per heavy atom. The Morgan fingerprint density at radius 3 is 2.38 bits per heavy atom. The summed E-state index contributed by atoms with van der Waals surface area (Å²) in [5.74, 6) is -0.123. The summed E-state index contributed by atoms with van der Waals surface area (Å²) in [6.45, 7) is 4.11. The molecule has 0 spiro atoms. The number of anilines is 1. The van der Waals surface area contributed by atoms with Crippen LogP contribution in [0.5, 0.6) is 0 Å². The van der Waals surface area contributed by atoms with E-state index >= 15 is 0 Å². The first-order valence-corrected chi connectivity index (χ1v) is 10.3. The van der Waals surface area contributed by atoms with Gasteiger partial charge in [0, 0.05) is 16.2 Å². The zero-order valence-corrected chi connectivity index (χ0v) is 17.3. The standard InChI is InChI=1S/C18H22BrN3O3S/c1-12-10-15(6-9-17(12)19)21-18(23)11-22(3)13(2)14-4-7-16(8-5-14)26(20,24)25/h4-10,13H,11H2,1-3H3,(H,21,23)(H2,20,24,25). The van der Waals surface area contributed by atoms with Crippen LogP contribution in [0.3, 0.4) is 0 Å². The predicted molar refractivity (Wildman–Crippen MR) is 106 cm³/mol. The maximum Gasteiger partial charge on any atom is 0.238 e. The lowest BCUT2D eigenvalue weighted by molar-refractivity contribution is -0.117. The predicted octanol–water partition coefficient (Wildman–Crippen LogP) is 3.04. The smallest absolute Gasteiger partial charge is 0.238 e. The first kappa shape index (κ1) is 20.6. The van der Waals surface area contributed by atoms with Gasteiger partial charge < -0.3 is 5.32 Å². The van der Waals surface area contributed by atoms with Crippen molar-refractivity contribution in [2.24, 2.45) is 5.14 Å². The highest BCUT2D eigenvalue weighted by molar-refractivity contribution is 9.10. The van der Waals surface area contributed by atoms with E-state index in [4.69, 9.17) is 5.14 Å². The van der Waals surface area contributed by atoms with E-state index in [0.29, 0.717) is 0 Å². The summed E-state index contributed by atoms with van der Waals surface area (Å²) in [6, 6.07) is 11.9. The number of hydrogen-bond donors (Lipinski definition) is 2. The van der Waals surface area contributed by atoms with Gasteiger partial charge in [-0.2, -0.15) is 0 Å². The minimum atomic E-state index is -3.71. The first-order valence-electron chi connectivity index (χ1n) is 7.97. The van der Waals surface area contributed by atoms with Gasteiger partial charge in [0.15, 0.2) is 0 Å². The fourth-order valence-corrected chi connectivity index (χ4v) is 3.24. The molecule has 2 aromatic carbocycles. The number of nitrogens with two attached hydrogens (primary N) is 1. The van der Waals surface area contributed by atoms with Gasteiger partial charge in [-0.1, -0.05) is 28.1 Å². The summed E-state index contributed by atoms with van der Waals surface area (Å²) in [4.78, 5) is 14.2. The lowest BCUT2D eigenvalue weighted by atomic mass is 10.1. The number of amides is 1. The normalized spacial score (nSPS) is 12.8. The molecule has 0 bridgehead atoms. The van der Waals surface area contributed by atoms with Gasteiger partial charge in [-0.05, 0) is 62.4 Å². The third kappa shape index (κ3) is 5.38. The minimum Gasteiger partial charge on any atom is -0.325 e. The summed E-state index contributed by atoms with van der Waals surface area (Å²) in [7, 11) is -1.87. The van der Waals surface area contributed by atoms with Crippen molar-refractivity contribution in [1.82, 2.24) is 4.90 Å². The molecule has 0 aliphatic heterocycles. The molecule has 2 aromatic rings.